The van der Waals surface area contributed by atoms with Gasteiger partial charge in [0.1, 0.15) is 11.4 Å². The second-order valence-electron chi connectivity index (χ2n) is 5.84. The van der Waals surface area contributed by atoms with Crippen LogP contribution >= 0.6 is 0 Å². The van der Waals surface area contributed by atoms with Crippen LogP contribution in [0, 0.1) is 5.82 Å². The molecule has 0 bridgehead atoms. The Morgan fingerprint density at radius 2 is 1.91 bits per heavy atom. The van der Waals surface area contributed by atoms with E-state index in [1.54, 1.807) is 27.7 Å². The van der Waals surface area contributed by atoms with Crippen LogP contribution in [0.1, 0.15) is 39.3 Å². The van der Waals surface area contributed by atoms with E-state index >= 15 is 0 Å². The molecule has 2 N–H and O–H groups in total. The Kier molecular flexibility index (Phi) is 6.50. The van der Waals surface area contributed by atoms with Crippen LogP contribution in [0.15, 0.2) is 24.3 Å². The predicted molar refractivity (Wildman–Crippen MR) is 81.2 cm³/mol. The highest BCUT2D eigenvalue weighted by molar-refractivity contribution is 5.77. The van der Waals surface area contributed by atoms with E-state index in [4.69, 9.17) is 9.47 Å². The smallest absolute Gasteiger partial charge is 0.408 e. The number of esters is 1. The van der Waals surface area contributed by atoms with Gasteiger partial charge in [-0.25, -0.2) is 14.0 Å². The molecule has 1 rings (SSSR count). The first kappa shape index (κ1) is 18.9. The molecule has 23 heavy (non-hydrogen) atoms. The highest BCUT2D eigenvalue weighted by Crippen LogP contribution is 2.22. The molecule has 2 atom stereocenters. The van der Waals surface area contributed by atoms with Gasteiger partial charge in [-0.1, -0.05) is 18.2 Å². The summed E-state index contributed by atoms with van der Waals surface area (Å²) in [6, 6.07) is 4.18. The van der Waals surface area contributed by atoms with Crippen molar-refractivity contribution < 1.29 is 28.6 Å². The van der Waals surface area contributed by atoms with Crippen molar-refractivity contribution in [2.24, 2.45) is 0 Å². The number of carbonyl (C=O) groups excluding carboxylic acids is 2. The van der Waals surface area contributed by atoms with Crippen molar-refractivity contribution in [1.82, 2.24) is 5.32 Å². The summed E-state index contributed by atoms with van der Waals surface area (Å²) < 4.78 is 23.8. The molecule has 0 saturated carbocycles. The summed E-state index contributed by atoms with van der Waals surface area (Å²) in [6.45, 7) is 6.60. The number of nitrogens with one attached hydrogen (secondary N) is 1. The lowest BCUT2D eigenvalue weighted by Crippen LogP contribution is -2.43. The first-order valence-corrected chi connectivity index (χ1v) is 7.24. The average molecular weight is 327 g/mol. The normalized spacial score (nSPS) is 13.8. The molecule has 1 aromatic rings. The molecule has 0 heterocycles. The van der Waals surface area contributed by atoms with E-state index in [1.165, 1.54) is 18.2 Å². The Balaban J connectivity index is 3.05. The number of aliphatic hydroxyl groups is 1. The highest BCUT2D eigenvalue weighted by atomic mass is 19.1. The minimum atomic E-state index is -1.76. The number of carbonyl (C=O) groups is 2. The molecular formula is C16H22FNO5. The maximum Gasteiger partial charge on any atom is 0.408 e. The molecule has 0 radical (unpaired) electrons. The van der Waals surface area contributed by atoms with Crippen LogP contribution in [0.2, 0.25) is 0 Å². The van der Waals surface area contributed by atoms with Gasteiger partial charge in [-0.3, -0.25) is 0 Å². The van der Waals surface area contributed by atoms with Gasteiger partial charge in [-0.05, 0) is 33.8 Å². The van der Waals surface area contributed by atoms with Crippen LogP contribution in [0.4, 0.5) is 9.18 Å². The van der Waals surface area contributed by atoms with E-state index in [1.807, 2.05) is 0 Å². The number of hydrogen-bond acceptors (Lipinski definition) is 5. The second-order valence-corrected chi connectivity index (χ2v) is 5.84. The molecule has 0 aliphatic carbocycles. The molecule has 6 nitrogen and oxygen atoms in total. The Hall–Kier alpha value is -2.15. The van der Waals surface area contributed by atoms with Crippen LogP contribution < -0.4 is 5.32 Å². The third-order valence-corrected chi connectivity index (χ3v) is 2.76. The van der Waals surface area contributed by atoms with Crippen molar-refractivity contribution >= 4 is 12.1 Å². The number of ether oxygens (including phenoxy) is 2. The molecule has 0 spiro atoms. The van der Waals surface area contributed by atoms with Crippen LogP contribution in [-0.4, -0.2) is 35.5 Å². The van der Waals surface area contributed by atoms with Crippen molar-refractivity contribution in [3.8, 4) is 0 Å². The zero-order chi connectivity index (χ0) is 17.6. The standard InChI is InChI=1S/C16H22FNO5/c1-5-22-14(20)13(19)12(10-8-6-7-9-11(10)17)18-15(21)23-16(2,3)4/h6-9,12-13,19H,5H2,1-4H3,(H,18,21)/t12-,13+/m0/s1. The molecule has 1 amide bonds. The zero-order valence-electron chi connectivity index (χ0n) is 13.6. The van der Waals surface area contributed by atoms with E-state index in [0.29, 0.717) is 0 Å². The number of halogens is 1. The summed E-state index contributed by atoms with van der Waals surface area (Å²) in [6.07, 6.45) is -2.64. The van der Waals surface area contributed by atoms with Gasteiger partial charge < -0.3 is 19.9 Å². The molecule has 1 aromatic carbocycles. The molecule has 0 saturated heterocycles. The Bertz CT molecular complexity index is 556. The fourth-order valence-electron chi connectivity index (χ4n) is 1.85. The summed E-state index contributed by atoms with van der Waals surface area (Å²) in [4.78, 5) is 23.7. The van der Waals surface area contributed by atoms with Crippen LogP contribution in [0.25, 0.3) is 0 Å². The SMILES string of the molecule is CCOC(=O)[C@H](O)[C@@H](NC(=O)OC(C)(C)C)c1ccccc1F. The zero-order valence-corrected chi connectivity index (χ0v) is 13.6. The van der Waals surface area contributed by atoms with Crippen LogP contribution in [-0.2, 0) is 14.3 Å². The van der Waals surface area contributed by atoms with Gasteiger partial charge >= 0.3 is 12.1 Å². The quantitative estimate of drug-likeness (QED) is 0.811. The maximum absolute atomic E-state index is 14.0. The average Bonchev–Trinajstić information content (AvgIpc) is 2.43. The topological polar surface area (TPSA) is 84.9 Å². The third-order valence-electron chi connectivity index (χ3n) is 2.76. The van der Waals surface area contributed by atoms with Crippen molar-refractivity contribution in [2.75, 3.05) is 6.61 Å². The van der Waals surface area contributed by atoms with Crippen molar-refractivity contribution in [3.63, 3.8) is 0 Å². The summed E-state index contributed by atoms with van der Waals surface area (Å²) in [7, 11) is 0. The van der Waals surface area contributed by atoms with Crippen molar-refractivity contribution in [2.45, 2.75) is 45.4 Å². The number of alkyl carbamates (subject to hydrolysis) is 1. The van der Waals surface area contributed by atoms with Gasteiger partial charge in [-0.2, -0.15) is 0 Å². The molecule has 0 aromatic heterocycles. The number of rotatable bonds is 5. The van der Waals surface area contributed by atoms with E-state index in [2.05, 4.69) is 5.32 Å². The van der Waals surface area contributed by atoms with Gasteiger partial charge in [0.25, 0.3) is 0 Å². The van der Waals surface area contributed by atoms with Crippen molar-refractivity contribution in [1.29, 1.82) is 0 Å². The van der Waals surface area contributed by atoms with Crippen molar-refractivity contribution in [3.05, 3.63) is 35.6 Å². The van der Waals surface area contributed by atoms with Crippen LogP contribution in [0.5, 0.6) is 0 Å². The fourth-order valence-corrected chi connectivity index (χ4v) is 1.85. The van der Waals surface area contributed by atoms with Gasteiger partial charge in [0.2, 0.25) is 0 Å². The predicted octanol–water partition coefficient (Wildman–Crippen LogP) is 2.32. The van der Waals surface area contributed by atoms with E-state index in [9.17, 15) is 19.1 Å². The second kappa shape index (κ2) is 7.92. The number of benzene rings is 1. The molecule has 0 unspecified atom stereocenters. The lowest BCUT2D eigenvalue weighted by Gasteiger charge is -2.26. The van der Waals surface area contributed by atoms with Gasteiger partial charge in [0, 0.05) is 5.56 Å². The van der Waals surface area contributed by atoms with Gasteiger partial charge in [-0.15, -0.1) is 0 Å². The summed E-state index contributed by atoms with van der Waals surface area (Å²) >= 11 is 0. The largest absolute Gasteiger partial charge is 0.464 e. The summed E-state index contributed by atoms with van der Waals surface area (Å²) in [5.74, 6) is -1.63. The summed E-state index contributed by atoms with van der Waals surface area (Å²) in [5, 5.41) is 12.4. The lowest BCUT2D eigenvalue weighted by molar-refractivity contribution is -0.154. The Labute approximate surface area is 134 Å². The fraction of sp³-hybridized carbons (Fsp3) is 0.500. The summed E-state index contributed by atoms with van der Waals surface area (Å²) in [5.41, 5.74) is -0.822. The van der Waals surface area contributed by atoms with Crippen LogP contribution in [0.3, 0.4) is 0 Å². The number of aliphatic hydroxyl groups excluding tert-OH is 1. The van der Waals surface area contributed by atoms with Gasteiger partial charge in [0.05, 0.1) is 12.6 Å². The molecule has 0 aliphatic heterocycles. The minimum Gasteiger partial charge on any atom is -0.464 e. The monoisotopic (exact) mass is 327 g/mol. The molecular weight excluding hydrogens is 305 g/mol. The molecule has 7 heteroatoms. The minimum absolute atomic E-state index is 0.0427. The number of hydrogen-bond donors (Lipinski definition) is 2. The van der Waals surface area contributed by atoms with Gasteiger partial charge in [0.15, 0.2) is 6.10 Å². The first-order chi connectivity index (χ1) is 10.7. The third kappa shape index (κ3) is 5.86. The molecule has 128 valence electrons. The highest BCUT2D eigenvalue weighted by Gasteiger charge is 2.33. The first-order valence-electron chi connectivity index (χ1n) is 7.24. The van der Waals surface area contributed by atoms with E-state index < -0.39 is 35.6 Å². The Morgan fingerprint density at radius 3 is 2.43 bits per heavy atom. The Morgan fingerprint density at radius 1 is 1.30 bits per heavy atom. The molecule has 0 fully saturated rings. The van der Waals surface area contributed by atoms with E-state index in [-0.39, 0.29) is 12.2 Å². The maximum atomic E-state index is 14.0. The van der Waals surface area contributed by atoms with E-state index in [0.717, 1.165) is 6.07 Å². The lowest BCUT2D eigenvalue weighted by atomic mass is 10.0. The molecule has 0 aliphatic rings. The number of amides is 1.